The van der Waals surface area contributed by atoms with Crippen LogP contribution >= 0.6 is 15.9 Å². The van der Waals surface area contributed by atoms with Gasteiger partial charge >= 0.3 is 0 Å². The van der Waals surface area contributed by atoms with Gasteiger partial charge in [0, 0.05) is 16.6 Å². The van der Waals surface area contributed by atoms with Crippen LogP contribution in [0, 0.1) is 0 Å². The van der Waals surface area contributed by atoms with Crippen LogP contribution in [0.3, 0.4) is 0 Å². The van der Waals surface area contributed by atoms with E-state index in [-0.39, 0.29) is 0 Å². The van der Waals surface area contributed by atoms with Crippen molar-refractivity contribution in [1.29, 1.82) is 0 Å². The molecule has 0 bridgehead atoms. The topological polar surface area (TPSA) is 3.24 Å². The van der Waals surface area contributed by atoms with Crippen molar-refractivity contribution in [2.45, 2.75) is 51.5 Å². The molecule has 2 rings (SSSR count). The van der Waals surface area contributed by atoms with E-state index in [2.05, 4.69) is 71.7 Å². The molecule has 0 aliphatic carbocycles. The fraction of sp³-hybridized carbons (Fsp3) is 0.571. The average molecular weight is 312 g/mol. The summed E-state index contributed by atoms with van der Waals surface area (Å²) in [6.07, 6.45) is 1.35. The first-order valence-electron chi connectivity index (χ1n) is 6.33. The second kappa shape index (κ2) is 4.52. The Morgan fingerprint density at radius 3 is 2.59 bits per heavy atom. The molecule has 1 fully saturated rings. The zero-order chi connectivity index (χ0) is 12.7. The molecule has 1 saturated heterocycles. The second-order valence-corrected chi connectivity index (χ2v) is 11.9. The van der Waals surface area contributed by atoms with Crippen molar-refractivity contribution in [2.75, 3.05) is 0 Å². The highest BCUT2D eigenvalue weighted by atomic mass is 79.9. The van der Waals surface area contributed by atoms with Crippen LogP contribution in [0.25, 0.3) is 0 Å². The molecule has 1 aliphatic rings. The number of rotatable bonds is 2. The molecule has 1 aromatic carbocycles. The van der Waals surface area contributed by atoms with Crippen molar-refractivity contribution in [2.24, 2.45) is 0 Å². The first-order valence-corrected chi connectivity index (χ1v) is 10.3. The molecular weight excluding hydrogens is 290 g/mol. The summed E-state index contributed by atoms with van der Waals surface area (Å²) in [5, 5.41) is 0. The van der Waals surface area contributed by atoms with E-state index in [1.807, 2.05) is 0 Å². The fourth-order valence-electron chi connectivity index (χ4n) is 2.95. The molecule has 1 aromatic rings. The maximum Gasteiger partial charge on any atom is 0.123 e. The van der Waals surface area contributed by atoms with Crippen LogP contribution < -0.4 is 0 Å². The molecule has 0 unspecified atom stereocenters. The van der Waals surface area contributed by atoms with E-state index in [1.165, 1.54) is 22.5 Å². The Bertz CT molecular complexity index is 398. The SMILES string of the molecule is CC1(C)CC[Si](C)(C)N1Cc1cccc(Br)c1. The van der Waals surface area contributed by atoms with Crippen LogP contribution in [0.5, 0.6) is 0 Å². The van der Waals surface area contributed by atoms with Crippen molar-refractivity contribution in [3.63, 3.8) is 0 Å². The van der Waals surface area contributed by atoms with E-state index < -0.39 is 8.24 Å². The maximum atomic E-state index is 3.56. The van der Waals surface area contributed by atoms with Crippen LogP contribution in [-0.4, -0.2) is 18.3 Å². The average Bonchev–Trinajstić information content (AvgIpc) is 2.42. The van der Waals surface area contributed by atoms with Gasteiger partial charge in [0.25, 0.3) is 0 Å². The summed E-state index contributed by atoms with van der Waals surface area (Å²) in [4.78, 5) is 0. The summed E-state index contributed by atoms with van der Waals surface area (Å²) >= 11 is 3.56. The third-order valence-corrected chi connectivity index (χ3v) is 8.23. The summed E-state index contributed by atoms with van der Waals surface area (Å²) in [5.74, 6) is 0. The van der Waals surface area contributed by atoms with Gasteiger partial charge in [0.1, 0.15) is 8.24 Å². The van der Waals surface area contributed by atoms with Gasteiger partial charge in [-0.1, -0.05) is 41.2 Å². The van der Waals surface area contributed by atoms with E-state index >= 15 is 0 Å². The van der Waals surface area contributed by atoms with Crippen molar-refractivity contribution < 1.29 is 0 Å². The van der Waals surface area contributed by atoms with Crippen LogP contribution in [-0.2, 0) is 6.54 Å². The Balaban J connectivity index is 2.22. The van der Waals surface area contributed by atoms with Gasteiger partial charge in [-0.2, -0.15) is 0 Å². The molecule has 3 heteroatoms. The van der Waals surface area contributed by atoms with E-state index in [0.717, 1.165) is 6.54 Å². The van der Waals surface area contributed by atoms with Crippen molar-refractivity contribution >= 4 is 24.2 Å². The number of hydrogen-bond acceptors (Lipinski definition) is 1. The van der Waals surface area contributed by atoms with Gasteiger partial charge in [-0.25, -0.2) is 0 Å². The van der Waals surface area contributed by atoms with Crippen LogP contribution in [0.1, 0.15) is 25.8 Å². The predicted octanol–water partition coefficient (Wildman–Crippen LogP) is 4.64. The van der Waals surface area contributed by atoms with Gasteiger partial charge in [0.15, 0.2) is 0 Å². The van der Waals surface area contributed by atoms with Crippen molar-refractivity contribution in [1.82, 2.24) is 4.57 Å². The minimum absolute atomic E-state index is 0.373. The monoisotopic (exact) mass is 311 g/mol. The lowest BCUT2D eigenvalue weighted by Crippen LogP contribution is -2.50. The molecule has 0 radical (unpaired) electrons. The van der Waals surface area contributed by atoms with E-state index in [1.54, 1.807) is 0 Å². The van der Waals surface area contributed by atoms with Crippen molar-refractivity contribution in [3.05, 3.63) is 34.3 Å². The smallest absolute Gasteiger partial charge is 0.123 e. The number of halogens is 1. The van der Waals surface area contributed by atoms with Gasteiger partial charge in [0.2, 0.25) is 0 Å². The van der Waals surface area contributed by atoms with E-state index in [9.17, 15) is 0 Å². The third-order valence-electron chi connectivity index (χ3n) is 4.04. The zero-order valence-corrected chi connectivity index (χ0v) is 13.8. The lowest BCUT2D eigenvalue weighted by molar-refractivity contribution is 0.235. The molecule has 0 amide bonds. The van der Waals surface area contributed by atoms with E-state index in [0.29, 0.717) is 5.54 Å². The quantitative estimate of drug-likeness (QED) is 0.719. The lowest BCUT2D eigenvalue weighted by Gasteiger charge is -2.39. The molecule has 0 atom stereocenters. The Morgan fingerprint density at radius 1 is 1.35 bits per heavy atom. The summed E-state index contributed by atoms with van der Waals surface area (Å²) in [6.45, 7) is 10.9. The predicted molar refractivity (Wildman–Crippen MR) is 80.7 cm³/mol. The molecule has 1 aliphatic heterocycles. The maximum absolute atomic E-state index is 3.56. The first kappa shape index (κ1) is 13.3. The number of nitrogens with zero attached hydrogens (tertiary/aromatic N) is 1. The summed E-state index contributed by atoms with van der Waals surface area (Å²) < 4.78 is 3.97. The molecule has 0 N–H and O–H groups in total. The third kappa shape index (κ3) is 2.83. The zero-order valence-electron chi connectivity index (χ0n) is 11.3. The first-order chi connectivity index (χ1) is 7.81. The highest BCUT2D eigenvalue weighted by Crippen LogP contribution is 2.39. The minimum atomic E-state index is -1.19. The van der Waals surface area contributed by atoms with Crippen molar-refractivity contribution in [3.8, 4) is 0 Å². The van der Waals surface area contributed by atoms with Crippen LogP contribution in [0.2, 0.25) is 19.1 Å². The summed E-state index contributed by atoms with van der Waals surface area (Å²) in [7, 11) is -1.19. The summed E-state index contributed by atoms with van der Waals surface area (Å²) in [6, 6.07) is 10.1. The largest absolute Gasteiger partial charge is 0.315 e. The normalized spacial score (nSPS) is 22.9. The van der Waals surface area contributed by atoms with E-state index in [4.69, 9.17) is 0 Å². The molecule has 17 heavy (non-hydrogen) atoms. The number of benzene rings is 1. The van der Waals surface area contributed by atoms with Gasteiger partial charge in [-0.15, -0.1) is 0 Å². The molecule has 1 heterocycles. The molecule has 0 aromatic heterocycles. The molecule has 0 saturated carbocycles. The molecule has 94 valence electrons. The highest BCUT2D eigenvalue weighted by molar-refractivity contribution is 9.10. The second-order valence-electron chi connectivity index (χ2n) is 6.34. The molecular formula is C14H22BrNSi. The molecule has 0 spiro atoms. The summed E-state index contributed by atoms with van der Waals surface area (Å²) in [5.41, 5.74) is 1.80. The lowest BCUT2D eigenvalue weighted by atomic mass is 10.0. The fourth-order valence-corrected chi connectivity index (χ4v) is 7.25. The van der Waals surface area contributed by atoms with Gasteiger partial charge < -0.3 is 4.57 Å². The Kier molecular flexibility index (Phi) is 3.54. The molecule has 1 nitrogen and oxygen atoms in total. The standard InChI is InChI=1S/C14H22BrNSi/c1-14(2)8-9-17(3,4)16(14)11-12-6-5-7-13(15)10-12/h5-7,10H,8-9,11H2,1-4H3. The Morgan fingerprint density at radius 2 is 2.06 bits per heavy atom. The van der Waals surface area contributed by atoms with Gasteiger partial charge in [-0.05, 0) is 44.0 Å². The van der Waals surface area contributed by atoms with Gasteiger partial charge in [0.05, 0.1) is 0 Å². The van der Waals surface area contributed by atoms with Crippen LogP contribution in [0.15, 0.2) is 28.7 Å². The Labute approximate surface area is 114 Å². The Hall–Kier alpha value is -0.123. The number of hydrogen-bond donors (Lipinski definition) is 0. The minimum Gasteiger partial charge on any atom is -0.315 e. The van der Waals surface area contributed by atoms with Gasteiger partial charge in [-0.3, -0.25) is 0 Å². The van der Waals surface area contributed by atoms with Crippen LogP contribution in [0.4, 0.5) is 0 Å². The highest BCUT2D eigenvalue weighted by Gasteiger charge is 2.45.